The Hall–Kier alpha value is -1.54. The SMILES string of the molecule is NS(=O)(=O)C1CC(=O)N(Cc2ccncn2)C1. The van der Waals surface area contributed by atoms with Crippen molar-refractivity contribution in [1.29, 1.82) is 0 Å². The topological polar surface area (TPSA) is 106 Å². The molecular weight excluding hydrogens is 244 g/mol. The van der Waals surface area contributed by atoms with Gasteiger partial charge in [0.1, 0.15) is 11.6 Å². The van der Waals surface area contributed by atoms with Crippen LogP contribution in [0.15, 0.2) is 18.6 Å². The molecule has 92 valence electrons. The van der Waals surface area contributed by atoms with Crippen molar-refractivity contribution < 1.29 is 13.2 Å². The number of carbonyl (C=O) groups is 1. The van der Waals surface area contributed by atoms with Gasteiger partial charge in [0.15, 0.2) is 0 Å². The molecule has 0 aliphatic carbocycles. The van der Waals surface area contributed by atoms with Crippen molar-refractivity contribution >= 4 is 15.9 Å². The third-order valence-electron chi connectivity index (χ3n) is 2.64. The van der Waals surface area contributed by atoms with Gasteiger partial charge in [0.25, 0.3) is 0 Å². The molecule has 0 bridgehead atoms. The van der Waals surface area contributed by atoms with Crippen molar-refractivity contribution in [3.8, 4) is 0 Å². The van der Waals surface area contributed by atoms with Gasteiger partial charge in [0, 0.05) is 19.2 Å². The van der Waals surface area contributed by atoms with Crippen LogP contribution in [0.3, 0.4) is 0 Å². The second-order valence-electron chi connectivity index (χ2n) is 3.89. The van der Waals surface area contributed by atoms with E-state index < -0.39 is 15.3 Å². The molecule has 1 fully saturated rings. The number of primary sulfonamides is 1. The number of nitrogens with two attached hydrogens (primary N) is 1. The van der Waals surface area contributed by atoms with E-state index in [-0.39, 0.29) is 25.4 Å². The summed E-state index contributed by atoms with van der Waals surface area (Å²) < 4.78 is 22.3. The molecule has 0 aromatic carbocycles. The van der Waals surface area contributed by atoms with Crippen LogP contribution in [0.25, 0.3) is 0 Å². The maximum Gasteiger partial charge on any atom is 0.224 e. The van der Waals surface area contributed by atoms with E-state index in [1.165, 1.54) is 11.2 Å². The van der Waals surface area contributed by atoms with Gasteiger partial charge in [-0.05, 0) is 6.07 Å². The maximum atomic E-state index is 11.6. The van der Waals surface area contributed by atoms with Crippen LogP contribution < -0.4 is 5.14 Å². The summed E-state index contributed by atoms with van der Waals surface area (Å²) in [5.41, 5.74) is 0.670. The molecule has 2 heterocycles. The molecule has 1 aliphatic rings. The molecule has 17 heavy (non-hydrogen) atoms. The van der Waals surface area contributed by atoms with Crippen LogP contribution >= 0.6 is 0 Å². The summed E-state index contributed by atoms with van der Waals surface area (Å²) in [6, 6.07) is 1.68. The average Bonchev–Trinajstić information content (AvgIpc) is 2.62. The molecule has 2 rings (SSSR count). The summed E-state index contributed by atoms with van der Waals surface area (Å²) in [5.74, 6) is -0.220. The summed E-state index contributed by atoms with van der Waals surface area (Å²) in [7, 11) is -3.66. The summed E-state index contributed by atoms with van der Waals surface area (Å²) in [6.45, 7) is 0.412. The van der Waals surface area contributed by atoms with E-state index in [2.05, 4.69) is 9.97 Å². The maximum absolute atomic E-state index is 11.6. The fourth-order valence-corrected chi connectivity index (χ4v) is 2.48. The van der Waals surface area contributed by atoms with Crippen LogP contribution in [-0.4, -0.2) is 41.0 Å². The Balaban J connectivity index is 2.07. The minimum absolute atomic E-state index is 0.0517. The van der Waals surface area contributed by atoms with Crippen LogP contribution in [0.5, 0.6) is 0 Å². The minimum Gasteiger partial charge on any atom is -0.335 e. The molecule has 0 saturated carbocycles. The lowest BCUT2D eigenvalue weighted by Gasteiger charge is -2.15. The molecule has 1 aliphatic heterocycles. The molecule has 8 heteroatoms. The predicted molar refractivity (Wildman–Crippen MR) is 59.0 cm³/mol. The average molecular weight is 256 g/mol. The van der Waals surface area contributed by atoms with Crippen LogP contribution in [-0.2, 0) is 21.4 Å². The highest BCUT2D eigenvalue weighted by atomic mass is 32.2. The Morgan fingerprint density at radius 3 is 2.82 bits per heavy atom. The summed E-state index contributed by atoms with van der Waals surface area (Å²) >= 11 is 0. The van der Waals surface area contributed by atoms with Crippen molar-refractivity contribution in [1.82, 2.24) is 14.9 Å². The molecule has 1 aromatic heterocycles. The van der Waals surface area contributed by atoms with Gasteiger partial charge < -0.3 is 4.90 Å². The fraction of sp³-hybridized carbons (Fsp3) is 0.444. The van der Waals surface area contributed by atoms with E-state index in [1.54, 1.807) is 12.3 Å². The third kappa shape index (κ3) is 2.77. The normalized spacial score (nSPS) is 20.9. The second-order valence-corrected chi connectivity index (χ2v) is 5.73. The van der Waals surface area contributed by atoms with Crippen LogP contribution in [0.1, 0.15) is 12.1 Å². The first-order chi connectivity index (χ1) is 7.97. The Bertz CT molecular complexity index is 516. The molecular formula is C9H12N4O3S. The van der Waals surface area contributed by atoms with E-state index in [1.807, 2.05) is 0 Å². The minimum atomic E-state index is -3.66. The quantitative estimate of drug-likeness (QED) is 0.736. The van der Waals surface area contributed by atoms with E-state index >= 15 is 0 Å². The first-order valence-corrected chi connectivity index (χ1v) is 6.62. The van der Waals surface area contributed by atoms with Gasteiger partial charge in [-0.25, -0.2) is 23.5 Å². The first kappa shape index (κ1) is 11.9. The van der Waals surface area contributed by atoms with Crippen molar-refractivity contribution in [2.75, 3.05) is 6.54 Å². The lowest BCUT2D eigenvalue weighted by molar-refractivity contribution is -0.128. The zero-order chi connectivity index (χ0) is 12.5. The van der Waals surface area contributed by atoms with Crippen molar-refractivity contribution in [2.24, 2.45) is 5.14 Å². The van der Waals surface area contributed by atoms with Crippen molar-refractivity contribution in [3.05, 3.63) is 24.3 Å². The van der Waals surface area contributed by atoms with Gasteiger partial charge in [-0.1, -0.05) is 0 Å². The second kappa shape index (κ2) is 4.38. The zero-order valence-corrected chi connectivity index (χ0v) is 9.80. The van der Waals surface area contributed by atoms with Crippen molar-refractivity contribution in [2.45, 2.75) is 18.2 Å². The van der Waals surface area contributed by atoms with E-state index in [4.69, 9.17) is 5.14 Å². The number of rotatable bonds is 3. The Labute approximate surface area is 98.7 Å². The van der Waals surface area contributed by atoms with Crippen molar-refractivity contribution in [3.63, 3.8) is 0 Å². The number of hydrogen-bond donors (Lipinski definition) is 1. The number of hydrogen-bond acceptors (Lipinski definition) is 5. The monoisotopic (exact) mass is 256 g/mol. The molecule has 2 N–H and O–H groups in total. The van der Waals surface area contributed by atoms with Crippen LogP contribution in [0.2, 0.25) is 0 Å². The molecule has 1 aromatic rings. The molecule has 1 saturated heterocycles. The number of nitrogens with zero attached hydrogens (tertiary/aromatic N) is 3. The molecule has 7 nitrogen and oxygen atoms in total. The standard InChI is InChI=1S/C9H12N4O3S/c10-17(15,16)8-3-9(14)13(5-8)4-7-1-2-11-6-12-7/h1-2,6,8H,3-5H2,(H2,10,15,16). The summed E-state index contributed by atoms with van der Waals surface area (Å²) in [5, 5.41) is 4.22. The number of aromatic nitrogens is 2. The number of likely N-dealkylation sites (tertiary alicyclic amines) is 1. The number of amides is 1. The van der Waals surface area contributed by atoms with Gasteiger partial charge in [-0.3, -0.25) is 4.79 Å². The van der Waals surface area contributed by atoms with Crippen LogP contribution in [0.4, 0.5) is 0 Å². The molecule has 0 spiro atoms. The zero-order valence-electron chi connectivity index (χ0n) is 8.98. The fourth-order valence-electron chi connectivity index (χ4n) is 1.72. The third-order valence-corrected chi connectivity index (χ3v) is 3.88. The highest BCUT2D eigenvalue weighted by Gasteiger charge is 2.36. The number of carbonyl (C=O) groups excluding carboxylic acids is 1. The Kier molecular flexibility index (Phi) is 3.07. The van der Waals surface area contributed by atoms with Gasteiger partial charge in [-0.15, -0.1) is 0 Å². The highest BCUT2D eigenvalue weighted by molar-refractivity contribution is 7.89. The van der Waals surface area contributed by atoms with Gasteiger partial charge in [0.05, 0.1) is 12.2 Å². The lowest BCUT2D eigenvalue weighted by atomic mass is 10.4. The Morgan fingerprint density at radius 2 is 2.29 bits per heavy atom. The van der Waals surface area contributed by atoms with E-state index in [0.717, 1.165) is 0 Å². The first-order valence-electron chi connectivity index (χ1n) is 5.01. The van der Waals surface area contributed by atoms with Gasteiger partial charge in [0.2, 0.25) is 15.9 Å². The summed E-state index contributed by atoms with van der Waals surface area (Å²) in [4.78, 5) is 20.8. The largest absolute Gasteiger partial charge is 0.335 e. The summed E-state index contributed by atoms with van der Waals surface area (Å²) in [6.07, 6.45) is 2.90. The van der Waals surface area contributed by atoms with E-state index in [0.29, 0.717) is 5.69 Å². The Morgan fingerprint density at radius 1 is 1.53 bits per heavy atom. The molecule has 1 amide bonds. The molecule has 0 radical (unpaired) electrons. The number of sulfonamides is 1. The van der Waals surface area contributed by atoms with Gasteiger partial charge in [-0.2, -0.15) is 0 Å². The van der Waals surface area contributed by atoms with Crippen LogP contribution in [0, 0.1) is 0 Å². The smallest absolute Gasteiger partial charge is 0.224 e. The highest BCUT2D eigenvalue weighted by Crippen LogP contribution is 2.18. The predicted octanol–water partition coefficient (Wildman–Crippen LogP) is -1.13. The van der Waals surface area contributed by atoms with Gasteiger partial charge >= 0.3 is 0 Å². The molecule has 1 atom stereocenters. The molecule has 1 unspecified atom stereocenters. The lowest BCUT2D eigenvalue weighted by Crippen LogP contribution is -2.32. The van der Waals surface area contributed by atoms with E-state index in [9.17, 15) is 13.2 Å².